The molecule has 0 saturated carbocycles. The molecule has 23 heavy (non-hydrogen) atoms. The lowest BCUT2D eigenvalue weighted by Crippen LogP contribution is -2.04. The fourth-order valence-corrected chi connectivity index (χ4v) is 3.82. The van der Waals surface area contributed by atoms with Gasteiger partial charge in [-0.15, -0.1) is 0 Å². The van der Waals surface area contributed by atoms with Crippen molar-refractivity contribution in [2.24, 2.45) is 11.8 Å². The van der Waals surface area contributed by atoms with Crippen LogP contribution in [0.25, 0.3) is 0 Å². The molecule has 0 aromatic rings. The van der Waals surface area contributed by atoms with Gasteiger partial charge < -0.3 is 0 Å². The molecule has 140 valence electrons. The quantitative estimate of drug-likeness (QED) is 0.162. The van der Waals surface area contributed by atoms with Crippen molar-refractivity contribution in [2.75, 3.05) is 5.33 Å². The summed E-state index contributed by atoms with van der Waals surface area (Å²) in [4.78, 5) is 0. The van der Waals surface area contributed by atoms with Gasteiger partial charge in [0.1, 0.15) is 0 Å². The second kappa shape index (κ2) is 18.8. The molecule has 0 heterocycles. The van der Waals surface area contributed by atoms with Crippen LogP contribution in [-0.4, -0.2) is 5.33 Å². The Morgan fingerprint density at radius 2 is 0.957 bits per heavy atom. The molecular formula is C22H45Br. The maximum atomic E-state index is 3.59. The molecule has 0 spiro atoms. The van der Waals surface area contributed by atoms with Gasteiger partial charge in [-0.3, -0.25) is 0 Å². The second-order valence-corrected chi connectivity index (χ2v) is 8.63. The van der Waals surface area contributed by atoms with Gasteiger partial charge in [-0.1, -0.05) is 133 Å². The van der Waals surface area contributed by atoms with Gasteiger partial charge in [-0.05, 0) is 18.3 Å². The van der Waals surface area contributed by atoms with Crippen LogP contribution in [0.5, 0.6) is 0 Å². The number of hydrogen-bond acceptors (Lipinski definition) is 0. The van der Waals surface area contributed by atoms with E-state index < -0.39 is 0 Å². The zero-order valence-electron chi connectivity index (χ0n) is 16.6. The molecule has 0 N–H and O–H groups in total. The predicted molar refractivity (Wildman–Crippen MR) is 112 cm³/mol. The summed E-state index contributed by atoms with van der Waals surface area (Å²) in [5, 5.41) is 1.16. The molecule has 0 aromatic carbocycles. The summed E-state index contributed by atoms with van der Waals surface area (Å²) in [5.41, 5.74) is 0. The first-order valence-corrected chi connectivity index (χ1v) is 11.9. The molecule has 0 nitrogen and oxygen atoms in total. The number of hydrogen-bond donors (Lipinski definition) is 0. The third-order valence-electron chi connectivity index (χ3n) is 5.12. The van der Waals surface area contributed by atoms with Crippen LogP contribution < -0.4 is 0 Å². The average molecular weight is 390 g/mol. The summed E-state index contributed by atoms with van der Waals surface area (Å²) >= 11 is 3.59. The first-order valence-electron chi connectivity index (χ1n) is 10.8. The molecule has 2 atom stereocenters. The number of alkyl halides is 1. The zero-order chi connectivity index (χ0) is 17.2. The van der Waals surface area contributed by atoms with Crippen LogP contribution >= 0.6 is 15.9 Å². The Bertz CT molecular complexity index is 214. The molecule has 1 heteroatoms. The third-order valence-corrected chi connectivity index (χ3v) is 6.22. The Kier molecular flexibility index (Phi) is 19.2. The summed E-state index contributed by atoms with van der Waals surface area (Å²) in [6.45, 7) is 7.09. The van der Waals surface area contributed by atoms with Gasteiger partial charge in [-0.25, -0.2) is 0 Å². The van der Waals surface area contributed by atoms with Gasteiger partial charge in [0.15, 0.2) is 0 Å². The van der Waals surface area contributed by atoms with E-state index in [0.29, 0.717) is 0 Å². The van der Waals surface area contributed by atoms with Crippen molar-refractivity contribution in [3.8, 4) is 0 Å². The van der Waals surface area contributed by atoms with Crippen LogP contribution in [0.3, 0.4) is 0 Å². The molecule has 0 saturated heterocycles. The first-order chi connectivity index (χ1) is 11.2. The van der Waals surface area contributed by atoms with Gasteiger partial charge in [0.05, 0.1) is 0 Å². The summed E-state index contributed by atoms with van der Waals surface area (Å²) in [6.07, 6.45) is 23.3. The van der Waals surface area contributed by atoms with Gasteiger partial charge in [0, 0.05) is 5.33 Å². The van der Waals surface area contributed by atoms with E-state index >= 15 is 0 Å². The molecule has 0 fully saturated rings. The number of unbranched alkanes of at least 4 members (excludes halogenated alkanes) is 13. The van der Waals surface area contributed by atoms with E-state index in [1.165, 1.54) is 103 Å². The second-order valence-electron chi connectivity index (χ2n) is 7.99. The van der Waals surface area contributed by atoms with Crippen LogP contribution in [0.4, 0.5) is 0 Å². The molecule has 0 unspecified atom stereocenters. The minimum absolute atomic E-state index is 0.844. The summed E-state index contributed by atoms with van der Waals surface area (Å²) in [7, 11) is 0. The summed E-state index contributed by atoms with van der Waals surface area (Å²) in [6, 6.07) is 0. The first kappa shape index (κ1) is 23.5. The molecular weight excluding hydrogens is 344 g/mol. The van der Waals surface area contributed by atoms with Crippen molar-refractivity contribution in [2.45, 2.75) is 124 Å². The third kappa shape index (κ3) is 18.7. The Hall–Kier alpha value is 0.480. The fraction of sp³-hybridized carbons (Fsp3) is 1.00. The van der Waals surface area contributed by atoms with E-state index in [2.05, 4.69) is 36.7 Å². The van der Waals surface area contributed by atoms with Crippen LogP contribution in [0, 0.1) is 11.8 Å². The van der Waals surface area contributed by atoms with Crippen molar-refractivity contribution < 1.29 is 0 Å². The number of rotatable bonds is 18. The molecule has 0 aromatic heterocycles. The minimum atomic E-state index is 0.844. The van der Waals surface area contributed by atoms with E-state index in [4.69, 9.17) is 0 Å². The van der Waals surface area contributed by atoms with E-state index in [1.54, 1.807) is 0 Å². The van der Waals surface area contributed by atoms with Gasteiger partial charge in [0.25, 0.3) is 0 Å². The molecule has 0 bridgehead atoms. The van der Waals surface area contributed by atoms with Crippen molar-refractivity contribution in [3.63, 3.8) is 0 Å². The topological polar surface area (TPSA) is 0 Å². The van der Waals surface area contributed by atoms with E-state index in [1.807, 2.05) is 0 Å². The summed E-state index contributed by atoms with van der Waals surface area (Å²) in [5.74, 6) is 1.76. The minimum Gasteiger partial charge on any atom is -0.0925 e. The smallest absolute Gasteiger partial charge is 0.00571 e. The van der Waals surface area contributed by atoms with Crippen molar-refractivity contribution in [1.29, 1.82) is 0 Å². The molecule has 0 aliphatic heterocycles. The highest BCUT2D eigenvalue weighted by Gasteiger charge is 2.07. The van der Waals surface area contributed by atoms with Crippen LogP contribution in [0.1, 0.15) is 124 Å². The summed E-state index contributed by atoms with van der Waals surface area (Å²) < 4.78 is 0. The highest BCUT2D eigenvalue weighted by molar-refractivity contribution is 9.09. The SMILES string of the molecule is CCCCCCCCCCCCCCCC[C@H](C)C[C@H](C)CBr. The van der Waals surface area contributed by atoms with E-state index in [-0.39, 0.29) is 0 Å². The largest absolute Gasteiger partial charge is 0.0925 e. The van der Waals surface area contributed by atoms with E-state index in [9.17, 15) is 0 Å². The number of halogens is 1. The normalized spacial score (nSPS) is 14.1. The Morgan fingerprint density at radius 3 is 1.35 bits per heavy atom. The highest BCUT2D eigenvalue weighted by atomic mass is 79.9. The molecule has 0 aliphatic rings. The average Bonchev–Trinajstić information content (AvgIpc) is 2.55. The molecule has 0 amide bonds. The van der Waals surface area contributed by atoms with Crippen LogP contribution in [0.15, 0.2) is 0 Å². The van der Waals surface area contributed by atoms with Crippen molar-refractivity contribution >= 4 is 15.9 Å². The maximum absolute atomic E-state index is 3.59. The van der Waals surface area contributed by atoms with Crippen molar-refractivity contribution in [3.05, 3.63) is 0 Å². The molecule has 0 rings (SSSR count). The van der Waals surface area contributed by atoms with Crippen molar-refractivity contribution in [1.82, 2.24) is 0 Å². The fourth-order valence-electron chi connectivity index (χ4n) is 3.56. The monoisotopic (exact) mass is 388 g/mol. The standard InChI is InChI=1S/C22H45Br/c1-4-5-6-7-8-9-10-11-12-13-14-15-16-17-18-21(2)19-22(3)20-23/h21-22H,4-20H2,1-3H3/t21-,22-/m0/s1. The van der Waals surface area contributed by atoms with Gasteiger partial charge in [0.2, 0.25) is 0 Å². The zero-order valence-corrected chi connectivity index (χ0v) is 18.1. The molecule has 0 radical (unpaired) electrons. The lowest BCUT2D eigenvalue weighted by Gasteiger charge is -2.14. The van der Waals surface area contributed by atoms with E-state index in [0.717, 1.165) is 17.2 Å². The Balaban J connectivity index is 3.10. The predicted octanol–water partition coefficient (Wildman–Crippen LogP) is 8.92. The van der Waals surface area contributed by atoms with Gasteiger partial charge >= 0.3 is 0 Å². The lowest BCUT2D eigenvalue weighted by atomic mass is 9.93. The Labute approximate surface area is 156 Å². The lowest BCUT2D eigenvalue weighted by molar-refractivity contribution is 0.401. The van der Waals surface area contributed by atoms with Gasteiger partial charge in [-0.2, -0.15) is 0 Å². The van der Waals surface area contributed by atoms with Crippen LogP contribution in [-0.2, 0) is 0 Å². The molecule has 0 aliphatic carbocycles. The highest BCUT2D eigenvalue weighted by Crippen LogP contribution is 2.20. The van der Waals surface area contributed by atoms with Crippen LogP contribution in [0.2, 0.25) is 0 Å². The Morgan fingerprint density at radius 1 is 0.565 bits per heavy atom. The maximum Gasteiger partial charge on any atom is 0.00571 e.